The Balaban J connectivity index is 2.04. The highest BCUT2D eigenvalue weighted by molar-refractivity contribution is 5.80. The number of para-hydroxylation sites is 2. The molecule has 2 aromatic carbocycles. The molecule has 2 aromatic rings. The Morgan fingerprint density at radius 3 is 2.67 bits per heavy atom. The van der Waals surface area contributed by atoms with Gasteiger partial charge in [-0.3, -0.25) is 0 Å². The molecule has 0 unspecified atom stereocenters. The topological polar surface area (TPSA) is 56.3 Å². The Hall–Kier alpha value is -2.67. The molecule has 1 aliphatic rings. The van der Waals surface area contributed by atoms with Gasteiger partial charge in [0.2, 0.25) is 0 Å². The van der Waals surface area contributed by atoms with Crippen LogP contribution < -0.4 is 15.5 Å². The number of likely N-dealkylation sites (N-methyl/N-ethyl adjacent to an activating group) is 1. The summed E-state index contributed by atoms with van der Waals surface area (Å²) in [5.74, 6) is 0. The first kappa shape index (κ1) is 13.3. The molecule has 0 bridgehead atoms. The van der Waals surface area contributed by atoms with E-state index in [0.717, 1.165) is 24.3 Å². The van der Waals surface area contributed by atoms with E-state index < -0.39 is 0 Å². The molecule has 0 aromatic heterocycles. The lowest BCUT2D eigenvalue weighted by Gasteiger charge is -2.37. The fraction of sp³-hybridized carbons (Fsp3) is 0.235. The van der Waals surface area contributed by atoms with Crippen molar-refractivity contribution in [3.05, 3.63) is 48.0 Å². The van der Waals surface area contributed by atoms with Crippen LogP contribution in [0.1, 0.15) is 5.56 Å². The van der Waals surface area contributed by atoms with Crippen LogP contribution in [0.4, 0.5) is 22.7 Å². The number of nitrogens with zero attached hydrogens (tertiary/aromatic N) is 3. The first-order valence-electron chi connectivity index (χ1n) is 7.04. The van der Waals surface area contributed by atoms with Crippen LogP contribution in [0, 0.1) is 11.3 Å². The van der Waals surface area contributed by atoms with E-state index in [9.17, 15) is 0 Å². The van der Waals surface area contributed by atoms with Gasteiger partial charge in [0.15, 0.2) is 0 Å². The maximum Gasteiger partial charge on any atom is 0.0670 e. The zero-order chi connectivity index (χ0) is 14.8. The van der Waals surface area contributed by atoms with Crippen molar-refractivity contribution in [3.63, 3.8) is 0 Å². The average Bonchev–Trinajstić information content (AvgIpc) is 2.51. The van der Waals surface area contributed by atoms with Crippen molar-refractivity contribution < 1.29 is 0 Å². The van der Waals surface area contributed by atoms with Gasteiger partial charge in [-0.15, -0.1) is 0 Å². The highest BCUT2D eigenvalue weighted by Gasteiger charge is 2.21. The van der Waals surface area contributed by atoms with Gasteiger partial charge in [-0.1, -0.05) is 12.1 Å². The molecule has 0 amide bonds. The van der Waals surface area contributed by atoms with Crippen LogP contribution >= 0.6 is 0 Å². The predicted molar refractivity (Wildman–Crippen MR) is 86.9 cm³/mol. The number of nitrogen functional groups attached to an aromatic ring is 1. The van der Waals surface area contributed by atoms with E-state index in [1.54, 1.807) is 0 Å². The number of fused-ring (bicyclic) bond motifs is 1. The lowest BCUT2D eigenvalue weighted by molar-refractivity contribution is 0.822. The van der Waals surface area contributed by atoms with Crippen LogP contribution in [-0.2, 0) is 6.42 Å². The number of anilines is 4. The van der Waals surface area contributed by atoms with Crippen LogP contribution in [0.5, 0.6) is 0 Å². The Morgan fingerprint density at radius 2 is 1.90 bits per heavy atom. The molecule has 106 valence electrons. The highest BCUT2D eigenvalue weighted by Crippen LogP contribution is 2.37. The molecular formula is C17H18N4. The van der Waals surface area contributed by atoms with E-state index in [2.05, 4.69) is 47.2 Å². The van der Waals surface area contributed by atoms with Crippen molar-refractivity contribution in [2.24, 2.45) is 0 Å². The summed E-state index contributed by atoms with van der Waals surface area (Å²) in [5, 5.41) is 8.91. The minimum Gasteiger partial charge on any atom is -0.398 e. The molecule has 21 heavy (non-hydrogen) atoms. The number of nitriles is 1. The summed E-state index contributed by atoms with van der Waals surface area (Å²) >= 11 is 0. The highest BCUT2D eigenvalue weighted by atomic mass is 15.3. The van der Waals surface area contributed by atoms with Crippen LogP contribution in [0.3, 0.4) is 0 Å². The van der Waals surface area contributed by atoms with Crippen molar-refractivity contribution in [1.29, 1.82) is 5.26 Å². The third-order valence-corrected chi connectivity index (χ3v) is 3.95. The molecule has 1 heterocycles. The molecule has 0 aliphatic carbocycles. The molecule has 0 radical (unpaired) electrons. The SMILES string of the molecule is CN1CCN(c2ccc(N)c(CC#N)c2)c2ccccc21. The van der Waals surface area contributed by atoms with E-state index in [0.29, 0.717) is 12.1 Å². The maximum absolute atomic E-state index is 8.91. The molecule has 4 heteroatoms. The molecule has 4 nitrogen and oxygen atoms in total. The number of hydrogen-bond donors (Lipinski definition) is 1. The van der Waals surface area contributed by atoms with Crippen LogP contribution in [0.2, 0.25) is 0 Å². The van der Waals surface area contributed by atoms with Crippen LogP contribution in [0.25, 0.3) is 0 Å². The van der Waals surface area contributed by atoms with Crippen molar-refractivity contribution in [1.82, 2.24) is 0 Å². The number of nitrogens with two attached hydrogens (primary N) is 1. The number of hydrogen-bond acceptors (Lipinski definition) is 4. The second kappa shape index (κ2) is 5.37. The second-order valence-corrected chi connectivity index (χ2v) is 5.28. The third-order valence-electron chi connectivity index (χ3n) is 3.95. The first-order chi connectivity index (χ1) is 10.2. The van der Waals surface area contributed by atoms with Crippen molar-refractivity contribution in [2.45, 2.75) is 6.42 Å². The lowest BCUT2D eigenvalue weighted by atomic mass is 10.1. The Labute approximate surface area is 125 Å². The summed E-state index contributed by atoms with van der Waals surface area (Å²) in [6.07, 6.45) is 0.342. The fourth-order valence-corrected chi connectivity index (χ4v) is 2.77. The summed E-state index contributed by atoms with van der Waals surface area (Å²) in [6, 6.07) is 16.5. The first-order valence-corrected chi connectivity index (χ1v) is 7.04. The number of benzene rings is 2. The Bertz CT molecular complexity index is 702. The maximum atomic E-state index is 8.91. The van der Waals surface area contributed by atoms with Gasteiger partial charge in [0.25, 0.3) is 0 Å². The zero-order valence-electron chi connectivity index (χ0n) is 12.1. The van der Waals surface area contributed by atoms with Gasteiger partial charge in [0.05, 0.1) is 23.9 Å². The standard InChI is InChI=1S/C17H18N4/c1-20-10-11-21(17-5-3-2-4-16(17)20)14-6-7-15(19)13(12-14)8-9-18/h2-7,12H,8,10-11,19H2,1H3. The normalized spacial score (nSPS) is 13.7. The summed E-state index contributed by atoms with van der Waals surface area (Å²) < 4.78 is 0. The number of rotatable bonds is 2. The van der Waals surface area contributed by atoms with Crippen molar-refractivity contribution >= 4 is 22.7 Å². The van der Waals surface area contributed by atoms with Crippen LogP contribution in [0.15, 0.2) is 42.5 Å². The van der Waals surface area contributed by atoms with E-state index >= 15 is 0 Å². The van der Waals surface area contributed by atoms with Gasteiger partial charge in [-0.05, 0) is 35.9 Å². The molecule has 0 fully saturated rings. The molecule has 1 aliphatic heterocycles. The largest absolute Gasteiger partial charge is 0.398 e. The smallest absolute Gasteiger partial charge is 0.0670 e. The van der Waals surface area contributed by atoms with Crippen molar-refractivity contribution in [2.75, 3.05) is 35.7 Å². The summed E-state index contributed by atoms with van der Waals surface area (Å²) in [5.41, 5.74) is 11.0. The second-order valence-electron chi connectivity index (χ2n) is 5.28. The quantitative estimate of drug-likeness (QED) is 0.858. The predicted octanol–water partition coefficient (Wildman–Crippen LogP) is 2.92. The monoisotopic (exact) mass is 278 g/mol. The molecule has 0 saturated heterocycles. The summed E-state index contributed by atoms with van der Waals surface area (Å²) in [6.45, 7) is 1.89. The Morgan fingerprint density at radius 1 is 1.14 bits per heavy atom. The van der Waals surface area contributed by atoms with Gasteiger partial charge in [0, 0.05) is 31.5 Å². The van der Waals surface area contributed by atoms with Gasteiger partial charge >= 0.3 is 0 Å². The van der Waals surface area contributed by atoms with Gasteiger partial charge < -0.3 is 15.5 Å². The van der Waals surface area contributed by atoms with E-state index in [-0.39, 0.29) is 0 Å². The lowest BCUT2D eigenvalue weighted by Crippen LogP contribution is -2.36. The molecule has 0 atom stereocenters. The zero-order valence-corrected chi connectivity index (χ0v) is 12.1. The summed E-state index contributed by atoms with van der Waals surface area (Å²) in [4.78, 5) is 4.55. The minimum absolute atomic E-state index is 0.342. The fourth-order valence-electron chi connectivity index (χ4n) is 2.77. The third kappa shape index (κ3) is 2.38. The van der Waals surface area contributed by atoms with E-state index in [4.69, 9.17) is 11.0 Å². The Kier molecular flexibility index (Phi) is 3.41. The minimum atomic E-state index is 0.342. The molecule has 0 saturated carbocycles. The molecule has 2 N–H and O–H groups in total. The van der Waals surface area contributed by atoms with Gasteiger partial charge in [-0.25, -0.2) is 0 Å². The molecular weight excluding hydrogens is 260 g/mol. The molecule has 3 rings (SSSR count). The van der Waals surface area contributed by atoms with Crippen molar-refractivity contribution in [3.8, 4) is 6.07 Å². The van der Waals surface area contributed by atoms with Crippen LogP contribution in [-0.4, -0.2) is 20.1 Å². The summed E-state index contributed by atoms with van der Waals surface area (Å²) in [7, 11) is 2.11. The van der Waals surface area contributed by atoms with Gasteiger partial charge in [-0.2, -0.15) is 5.26 Å². The van der Waals surface area contributed by atoms with E-state index in [1.807, 2.05) is 18.2 Å². The molecule has 0 spiro atoms. The van der Waals surface area contributed by atoms with Gasteiger partial charge in [0.1, 0.15) is 0 Å². The average molecular weight is 278 g/mol. The van der Waals surface area contributed by atoms with E-state index in [1.165, 1.54) is 11.4 Å².